The van der Waals surface area contributed by atoms with Crippen molar-refractivity contribution in [2.24, 2.45) is 9.03 Å². The summed E-state index contributed by atoms with van der Waals surface area (Å²) in [6.07, 6.45) is 24.1. The molecule has 9 rings (SSSR count). The third kappa shape index (κ3) is 7.21. The highest BCUT2D eigenvalue weighted by atomic mass is 31.3. The fourth-order valence-electron chi connectivity index (χ4n) is 11.7. The van der Waals surface area contributed by atoms with Crippen molar-refractivity contribution in [3.05, 3.63) is 0 Å². The Labute approximate surface area is 326 Å². The van der Waals surface area contributed by atoms with E-state index in [1.165, 1.54) is 233 Å². The van der Waals surface area contributed by atoms with Crippen LogP contribution in [0.25, 0.3) is 0 Å². The summed E-state index contributed by atoms with van der Waals surface area (Å²) in [6.45, 7) is 22.3. The lowest BCUT2D eigenvalue weighted by Crippen LogP contribution is -2.48. The number of hydrogen-bond donors (Lipinski definition) is 0. The van der Waals surface area contributed by atoms with E-state index in [1.807, 2.05) is 0 Å². The summed E-state index contributed by atoms with van der Waals surface area (Å²) in [5, 5.41) is 0. The predicted molar refractivity (Wildman–Crippen MR) is 228 cm³/mol. The van der Waals surface area contributed by atoms with Gasteiger partial charge in [-0.3, -0.25) is 0 Å². The molecule has 53 heavy (non-hydrogen) atoms. The molecule has 0 saturated carbocycles. The van der Waals surface area contributed by atoms with E-state index in [-0.39, 0.29) is 0 Å². The second-order valence-electron chi connectivity index (χ2n) is 17.5. The molecule has 0 aromatic rings. The van der Waals surface area contributed by atoms with Crippen LogP contribution >= 0.6 is 31.3 Å². The summed E-state index contributed by atoms with van der Waals surface area (Å²) in [5.74, 6) is 0. The number of hydrogen-bond acceptors (Lipinski definition) is 6. The molecule has 16 heteroatoms. The van der Waals surface area contributed by atoms with Crippen molar-refractivity contribution in [2.75, 3.05) is 125 Å². The van der Waals surface area contributed by atoms with Crippen molar-refractivity contribution >= 4 is 31.3 Å². The normalized spacial score (nSPS) is 29.6. The minimum absolute atomic E-state index is 1.17. The maximum atomic E-state index is 6.84. The van der Waals surface area contributed by atoms with Gasteiger partial charge in [-0.1, -0.05) is 4.44 Å². The van der Waals surface area contributed by atoms with Gasteiger partial charge in [0.25, 0.3) is 8.37 Å². The maximum absolute atomic E-state index is 6.84. The lowest BCUT2D eigenvalue weighted by atomic mass is 10.4. The average molecular weight is 812 g/mol. The van der Waals surface area contributed by atoms with Crippen molar-refractivity contribution in [3.8, 4) is 0 Å². The van der Waals surface area contributed by atoms with Gasteiger partial charge in [-0.05, 0) is 116 Å². The van der Waals surface area contributed by atoms with Crippen LogP contribution in [0.4, 0.5) is 0 Å². The Balaban J connectivity index is 1.32. The maximum Gasteiger partial charge on any atom is 0.315 e. The minimum atomic E-state index is -2.15. The Morgan fingerprint density at radius 2 is 0.528 bits per heavy atom. The first kappa shape index (κ1) is 39.4. The van der Waals surface area contributed by atoms with Crippen LogP contribution in [0.3, 0.4) is 0 Å². The van der Waals surface area contributed by atoms with E-state index in [0.29, 0.717) is 0 Å². The number of nitrogens with zero attached hydrogens (tertiary/aromatic N) is 12. The molecule has 0 N–H and O–H groups in total. The summed E-state index contributed by atoms with van der Waals surface area (Å²) in [5.41, 5.74) is 0. The number of rotatable bonds is 13. The molecular formula is C37H75N12P4+. The van der Waals surface area contributed by atoms with Crippen LogP contribution < -0.4 is 0 Å². The lowest BCUT2D eigenvalue weighted by molar-refractivity contribution is 0.339. The first-order chi connectivity index (χ1) is 26.2. The van der Waals surface area contributed by atoms with Crippen LogP contribution in [-0.4, -0.2) is 171 Å². The Morgan fingerprint density at radius 1 is 0.340 bits per heavy atom. The highest BCUT2D eigenvalue weighted by molar-refractivity contribution is 7.80. The summed E-state index contributed by atoms with van der Waals surface area (Å²) < 4.78 is 44.0. The van der Waals surface area contributed by atoms with Gasteiger partial charge >= 0.3 is 7.87 Å². The largest absolute Gasteiger partial charge is 0.315 e. The summed E-state index contributed by atoms with van der Waals surface area (Å²) >= 11 is 0. The molecule has 302 valence electrons. The quantitative estimate of drug-likeness (QED) is 0.169. The van der Waals surface area contributed by atoms with Gasteiger partial charge in [-0.25, -0.2) is 28.0 Å². The summed E-state index contributed by atoms with van der Waals surface area (Å²) in [4.78, 5) is 0. The lowest BCUT2D eigenvalue weighted by Gasteiger charge is -2.51. The molecule has 0 atom stereocenters. The van der Waals surface area contributed by atoms with Crippen LogP contribution in [0.5, 0.6) is 0 Å². The van der Waals surface area contributed by atoms with Crippen molar-refractivity contribution < 1.29 is 0 Å². The molecule has 9 saturated heterocycles. The molecule has 0 bridgehead atoms. The van der Waals surface area contributed by atoms with E-state index in [4.69, 9.17) is 9.03 Å². The van der Waals surface area contributed by atoms with Crippen molar-refractivity contribution in [2.45, 2.75) is 116 Å². The Morgan fingerprint density at radius 3 is 0.736 bits per heavy atom. The van der Waals surface area contributed by atoms with Gasteiger partial charge in [-0.15, -0.1) is 14.0 Å². The van der Waals surface area contributed by atoms with Gasteiger partial charge in [0.1, 0.15) is 0 Å². The zero-order chi connectivity index (χ0) is 35.7. The van der Waals surface area contributed by atoms with Gasteiger partial charge in [0, 0.05) is 125 Å². The average Bonchev–Trinajstić information content (AvgIpc) is 4.05. The topological polar surface area (TPSA) is 57.1 Å². The first-order valence-electron chi connectivity index (χ1n) is 22.6. The molecule has 9 aliphatic rings. The van der Waals surface area contributed by atoms with Gasteiger partial charge in [-0.2, -0.15) is 9.03 Å². The molecule has 0 spiro atoms. The molecule has 0 amide bonds. The van der Waals surface area contributed by atoms with Crippen molar-refractivity contribution in [1.82, 2.24) is 46.5 Å². The fourth-order valence-corrected chi connectivity index (χ4v) is 31.7. The predicted octanol–water partition coefficient (Wildman–Crippen LogP) is 8.58. The molecule has 9 heterocycles. The molecule has 0 aliphatic carbocycles. The highest BCUT2D eigenvalue weighted by Gasteiger charge is 2.65. The van der Waals surface area contributed by atoms with Gasteiger partial charge in [0.2, 0.25) is 0 Å². The second-order valence-corrected chi connectivity index (χ2v) is 29.3. The minimum Gasteiger partial charge on any atom is -0.246 e. The van der Waals surface area contributed by atoms with Gasteiger partial charge < -0.3 is 0 Å². The molecule has 0 aromatic carbocycles. The van der Waals surface area contributed by atoms with Crippen LogP contribution in [0, 0.1) is 0 Å². The van der Waals surface area contributed by atoms with Crippen molar-refractivity contribution in [1.29, 1.82) is 0 Å². The molecule has 9 aliphatic heterocycles. The van der Waals surface area contributed by atoms with E-state index >= 15 is 0 Å². The molecule has 0 unspecified atom stereocenters. The first-order valence-corrected chi connectivity index (χ1v) is 28.6. The van der Waals surface area contributed by atoms with E-state index in [9.17, 15) is 0 Å². The van der Waals surface area contributed by atoms with E-state index < -0.39 is 31.3 Å². The van der Waals surface area contributed by atoms with Crippen molar-refractivity contribution in [3.63, 3.8) is 0 Å². The molecule has 12 nitrogen and oxygen atoms in total. The molecule has 0 aromatic heterocycles. The Bertz CT molecular complexity index is 1100. The van der Waals surface area contributed by atoms with Gasteiger partial charge in [0.15, 0.2) is 15.0 Å². The van der Waals surface area contributed by atoms with Crippen LogP contribution in [0.2, 0.25) is 0 Å². The molecule has 9 fully saturated rings. The third-order valence-corrected chi connectivity index (χ3v) is 30.3. The van der Waals surface area contributed by atoms with E-state index in [0.717, 1.165) is 0 Å². The fraction of sp³-hybridized carbons (Fsp3) is 1.00. The molecule has 0 radical (unpaired) electrons. The SMILES string of the molecule is CN(P(N=P(N1CCCC1)(N1CCCC1)N1CCCC1)N=P(N1CCCC1)(N1CCCC1)N1CCCC1)[P+](N1CCCC1)(N1CCCC1)N1CCCC1. The van der Waals surface area contributed by atoms with Crippen LogP contribution in [-0.2, 0) is 0 Å². The Kier molecular flexibility index (Phi) is 13.1. The van der Waals surface area contributed by atoms with Crippen LogP contribution in [0.15, 0.2) is 9.03 Å². The van der Waals surface area contributed by atoms with Crippen LogP contribution in [0.1, 0.15) is 116 Å². The Hall–Kier alpha value is 0.920. The highest BCUT2D eigenvalue weighted by Crippen LogP contribution is 2.82. The monoisotopic (exact) mass is 812 g/mol. The summed E-state index contributed by atoms with van der Waals surface area (Å²) in [7, 11) is -4.90. The smallest absolute Gasteiger partial charge is 0.246 e. The zero-order valence-electron chi connectivity index (χ0n) is 33.6. The van der Waals surface area contributed by atoms with E-state index in [2.05, 4.69) is 53.5 Å². The van der Waals surface area contributed by atoms with E-state index in [1.54, 1.807) is 0 Å². The standard InChI is InChI=1S/C37H75N12P4/c1-40(53(47-32-14-15-33-47,48-34-16-17-35-48)49-36-18-19-37-49)50(38-51(41-20-2-3-21-41,42-22-4-5-23-42)43-24-6-7-25-43)39-52(44-26-8-9-27-44,45-28-10-11-29-45)46-30-12-13-31-46/h2-37H2,1H3/q+1. The zero-order valence-corrected chi connectivity index (χ0v) is 37.2. The third-order valence-electron chi connectivity index (χ3n) is 14.2. The summed E-state index contributed by atoms with van der Waals surface area (Å²) in [6, 6.07) is 0. The molecular weight excluding hydrogens is 736 g/mol. The van der Waals surface area contributed by atoms with Gasteiger partial charge in [0.05, 0.1) is 0 Å². The second kappa shape index (κ2) is 17.6.